The Morgan fingerprint density at radius 3 is 2.71 bits per heavy atom. The fourth-order valence-electron chi connectivity index (χ4n) is 1.27. The van der Waals surface area contributed by atoms with Gasteiger partial charge in [-0.25, -0.2) is 0 Å². The molecule has 0 unspecified atom stereocenters. The van der Waals surface area contributed by atoms with E-state index in [2.05, 4.69) is 6.58 Å². The third-order valence-electron chi connectivity index (χ3n) is 2.08. The lowest BCUT2D eigenvalue weighted by molar-refractivity contribution is -0.384. The second kappa shape index (κ2) is 4.02. The zero-order chi connectivity index (χ0) is 10.7. The van der Waals surface area contributed by atoms with Crippen LogP contribution in [0.2, 0.25) is 0 Å². The van der Waals surface area contributed by atoms with Crippen LogP contribution in [-0.4, -0.2) is 4.92 Å². The number of hydrogen-bond acceptors (Lipinski definition) is 3. The molecule has 0 saturated carbocycles. The third kappa shape index (κ3) is 1.97. The van der Waals surface area contributed by atoms with Crippen molar-refractivity contribution in [3.63, 3.8) is 0 Å². The second-order valence-corrected chi connectivity index (χ2v) is 3.06. The minimum atomic E-state index is -0.420. The van der Waals surface area contributed by atoms with Crippen molar-refractivity contribution in [3.05, 3.63) is 52.1 Å². The summed E-state index contributed by atoms with van der Waals surface area (Å²) in [5.74, 6) is 0. The molecule has 0 fully saturated rings. The lowest BCUT2D eigenvalue weighted by Crippen LogP contribution is -2.08. The van der Waals surface area contributed by atoms with Crippen molar-refractivity contribution < 1.29 is 4.92 Å². The number of benzene rings is 1. The maximum absolute atomic E-state index is 10.5. The molecule has 1 rings (SSSR count). The molecule has 4 nitrogen and oxygen atoms in total. The molecule has 1 atom stereocenters. The summed E-state index contributed by atoms with van der Waals surface area (Å²) in [6.07, 6.45) is 1.61. The van der Waals surface area contributed by atoms with Gasteiger partial charge in [-0.3, -0.25) is 10.1 Å². The number of aryl methyl sites for hydroxylation is 1. The monoisotopic (exact) mass is 192 g/mol. The Kier molecular flexibility index (Phi) is 2.99. The van der Waals surface area contributed by atoms with Gasteiger partial charge in [-0.1, -0.05) is 12.1 Å². The van der Waals surface area contributed by atoms with E-state index in [-0.39, 0.29) is 11.7 Å². The van der Waals surface area contributed by atoms with Crippen molar-refractivity contribution in [3.8, 4) is 0 Å². The van der Waals surface area contributed by atoms with Gasteiger partial charge in [0.15, 0.2) is 0 Å². The van der Waals surface area contributed by atoms with Gasteiger partial charge in [-0.15, -0.1) is 6.58 Å². The van der Waals surface area contributed by atoms with Crippen LogP contribution < -0.4 is 5.73 Å². The number of nitrogens with zero attached hydrogens (tertiary/aromatic N) is 1. The lowest BCUT2D eigenvalue weighted by Gasteiger charge is -2.09. The van der Waals surface area contributed by atoms with Gasteiger partial charge in [0, 0.05) is 18.2 Å². The number of hydrogen-bond donors (Lipinski definition) is 1. The number of nitro groups is 1. The summed E-state index contributed by atoms with van der Waals surface area (Å²) in [5, 5.41) is 10.5. The van der Waals surface area contributed by atoms with E-state index in [1.165, 1.54) is 12.1 Å². The third-order valence-corrected chi connectivity index (χ3v) is 2.08. The second-order valence-electron chi connectivity index (χ2n) is 3.06. The van der Waals surface area contributed by atoms with Crippen LogP contribution in [0.25, 0.3) is 0 Å². The molecule has 0 spiro atoms. The highest BCUT2D eigenvalue weighted by atomic mass is 16.6. The van der Waals surface area contributed by atoms with E-state index < -0.39 is 4.92 Å². The molecular formula is C10H12N2O2. The van der Waals surface area contributed by atoms with Gasteiger partial charge in [-0.05, 0) is 18.1 Å². The molecule has 0 heterocycles. The van der Waals surface area contributed by atoms with Crippen LogP contribution in [-0.2, 0) is 0 Å². The SMILES string of the molecule is C=C[C@@H](N)c1ccc([N+](=O)[O-])cc1C. The van der Waals surface area contributed by atoms with Gasteiger partial charge < -0.3 is 5.73 Å². The molecule has 74 valence electrons. The Morgan fingerprint density at radius 1 is 1.64 bits per heavy atom. The minimum Gasteiger partial charge on any atom is -0.321 e. The molecule has 4 heteroatoms. The van der Waals surface area contributed by atoms with E-state index in [0.717, 1.165) is 11.1 Å². The number of nitrogens with two attached hydrogens (primary N) is 1. The fraction of sp³-hybridized carbons (Fsp3) is 0.200. The van der Waals surface area contributed by atoms with E-state index in [9.17, 15) is 10.1 Å². The van der Waals surface area contributed by atoms with Crippen LogP contribution in [0.1, 0.15) is 17.2 Å². The summed E-state index contributed by atoms with van der Waals surface area (Å²) in [5.41, 5.74) is 7.50. The molecule has 0 aromatic heterocycles. The zero-order valence-corrected chi connectivity index (χ0v) is 7.93. The van der Waals surface area contributed by atoms with Crippen molar-refractivity contribution in [2.45, 2.75) is 13.0 Å². The smallest absolute Gasteiger partial charge is 0.269 e. The Hall–Kier alpha value is -1.68. The molecule has 14 heavy (non-hydrogen) atoms. The van der Waals surface area contributed by atoms with Gasteiger partial charge in [-0.2, -0.15) is 0 Å². The number of nitro benzene ring substituents is 1. The average Bonchev–Trinajstić information content (AvgIpc) is 2.16. The van der Waals surface area contributed by atoms with Crippen LogP contribution in [0, 0.1) is 17.0 Å². The van der Waals surface area contributed by atoms with Crippen molar-refractivity contribution >= 4 is 5.69 Å². The van der Waals surface area contributed by atoms with E-state index in [4.69, 9.17) is 5.73 Å². The Labute approximate surface area is 82.2 Å². The van der Waals surface area contributed by atoms with Crippen LogP contribution in [0.4, 0.5) is 5.69 Å². The molecular weight excluding hydrogens is 180 g/mol. The highest BCUT2D eigenvalue weighted by Crippen LogP contribution is 2.21. The van der Waals surface area contributed by atoms with Crippen molar-refractivity contribution in [1.29, 1.82) is 0 Å². The molecule has 0 aliphatic rings. The predicted octanol–water partition coefficient (Wildman–Crippen LogP) is 2.09. The van der Waals surface area contributed by atoms with Crippen LogP contribution in [0.15, 0.2) is 30.9 Å². The lowest BCUT2D eigenvalue weighted by atomic mass is 10.0. The molecule has 0 aliphatic heterocycles. The van der Waals surface area contributed by atoms with Crippen LogP contribution in [0.3, 0.4) is 0 Å². The first-order valence-corrected chi connectivity index (χ1v) is 4.19. The van der Waals surface area contributed by atoms with Crippen LogP contribution >= 0.6 is 0 Å². The molecule has 1 aromatic carbocycles. The van der Waals surface area contributed by atoms with E-state index in [1.54, 1.807) is 19.1 Å². The highest BCUT2D eigenvalue weighted by Gasteiger charge is 2.10. The number of rotatable bonds is 3. The van der Waals surface area contributed by atoms with Gasteiger partial charge >= 0.3 is 0 Å². The van der Waals surface area contributed by atoms with E-state index in [0.29, 0.717) is 0 Å². The summed E-state index contributed by atoms with van der Waals surface area (Å²) < 4.78 is 0. The molecule has 1 aromatic rings. The summed E-state index contributed by atoms with van der Waals surface area (Å²) in [7, 11) is 0. The molecule has 0 aliphatic carbocycles. The van der Waals surface area contributed by atoms with Crippen molar-refractivity contribution in [1.82, 2.24) is 0 Å². The Bertz CT molecular complexity index is 374. The maximum Gasteiger partial charge on any atom is 0.269 e. The quantitative estimate of drug-likeness (QED) is 0.453. The molecule has 0 amide bonds. The average molecular weight is 192 g/mol. The fourth-order valence-corrected chi connectivity index (χ4v) is 1.27. The van der Waals surface area contributed by atoms with Crippen molar-refractivity contribution in [2.75, 3.05) is 0 Å². The first-order valence-electron chi connectivity index (χ1n) is 4.19. The predicted molar refractivity (Wildman–Crippen MR) is 55.0 cm³/mol. The minimum absolute atomic E-state index is 0.0857. The summed E-state index contributed by atoms with van der Waals surface area (Å²) in [6.45, 7) is 5.37. The molecule has 0 radical (unpaired) electrons. The van der Waals surface area contributed by atoms with E-state index in [1.807, 2.05) is 0 Å². The molecule has 2 N–H and O–H groups in total. The van der Waals surface area contributed by atoms with Gasteiger partial charge in [0.05, 0.1) is 4.92 Å². The first-order chi connectivity index (χ1) is 6.56. The topological polar surface area (TPSA) is 69.2 Å². The normalized spacial score (nSPS) is 12.1. The Balaban J connectivity index is 3.13. The summed E-state index contributed by atoms with van der Waals surface area (Å²) in [4.78, 5) is 10.0. The number of non-ortho nitro benzene ring substituents is 1. The highest BCUT2D eigenvalue weighted by molar-refractivity contribution is 5.41. The van der Waals surface area contributed by atoms with Gasteiger partial charge in [0.25, 0.3) is 5.69 Å². The molecule has 0 bridgehead atoms. The van der Waals surface area contributed by atoms with Crippen molar-refractivity contribution in [2.24, 2.45) is 5.73 Å². The Morgan fingerprint density at radius 2 is 2.29 bits per heavy atom. The maximum atomic E-state index is 10.5. The molecule has 0 saturated heterocycles. The largest absolute Gasteiger partial charge is 0.321 e. The summed E-state index contributed by atoms with van der Waals surface area (Å²) >= 11 is 0. The zero-order valence-electron chi connectivity index (χ0n) is 7.93. The van der Waals surface area contributed by atoms with Gasteiger partial charge in [0.1, 0.15) is 0 Å². The van der Waals surface area contributed by atoms with Gasteiger partial charge in [0.2, 0.25) is 0 Å². The standard InChI is InChI=1S/C10H12N2O2/c1-3-10(11)9-5-4-8(12(13)14)6-7(9)2/h3-6,10H,1,11H2,2H3/t10-/m1/s1. The van der Waals surface area contributed by atoms with E-state index >= 15 is 0 Å². The summed E-state index contributed by atoms with van der Waals surface area (Å²) in [6, 6.07) is 4.36. The first kappa shape index (κ1) is 10.4. The van der Waals surface area contributed by atoms with Crippen LogP contribution in [0.5, 0.6) is 0 Å².